The van der Waals surface area contributed by atoms with Gasteiger partial charge in [-0.2, -0.15) is 0 Å². The van der Waals surface area contributed by atoms with Crippen molar-refractivity contribution in [2.24, 2.45) is 0 Å². The molecule has 1 nitrogen and oxygen atoms in total. The number of fused-ring (bicyclic) bond motifs is 1. The minimum Gasteiger partial charge on any atom is -0.298 e. The zero-order valence-corrected chi connectivity index (χ0v) is 10.9. The topological polar surface area (TPSA) is 17.1 Å². The number of carbonyl (C=O) groups excluding carboxylic acids is 1. The van der Waals surface area contributed by atoms with Crippen molar-refractivity contribution in [1.82, 2.24) is 0 Å². The average Bonchev–Trinajstić information content (AvgIpc) is 2.46. The van der Waals surface area contributed by atoms with Crippen molar-refractivity contribution in [2.45, 2.75) is 0 Å². The van der Waals surface area contributed by atoms with Crippen molar-refractivity contribution in [3.05, 3.63) is 71.2 Å². The van der Waals surface area contributed by atoms with Crippen LogP contribution in [0.1, 0.15) is 10.4 Å². The van der Waals surface area contributed by atoms with Crippen LogP contribution < -0.4 is 0 Å². The van der Waals surface area contributed by atoms with Crippen molar-refractivity contribution < 1.29 is 4.79 Å². The van der Waals surface area contributed by atoms with E-state index in [4.69, 9.17) is 11.6 Å². The third kappa shape index (κ3) is 2.13. The lowest BCUT2D eigenvalue weighted by Crippen LogP contribution is -1.87. The second-order valence-electron chi connectivity index (χ2n) is 4.38. The molecule has 0 aliphatic heterocycles. The van der Waals surface area contributed by atoms with Crippen LogP contribution in [0.3, 0.4) is 0 Å². The van der Waals surface area contributed by atoms with Gasteiger partial charge in [0.2, 0.25) is 0 Å². The summed E-state index contributed by atoms with van der Waals surface area (Å²) in [7, 11) is 0. The van der Waals surface area contributed by atoms with Crippen LogP contribution in [-0.2, 0) is 0 Å². The third-order valence-electron chi connectivity index (χ3n) is 3.22. The molecule has 3 rings (SSSR count). The Morgan fingerprint density at radius 3 is 2.37 bits per heavy atom. The van der Waals surface area contributed by atoms with Gasteiger partial charge in [-0.25, -0.2) is 0 Å². The summed E-state index contributed by atoms with van der Waals surface area (Å²) in [6.07, 6.45) is 0.893. The van der Waals surface area contributed by atoms with E-state index < -0.39 is 0 Å². The highest BCUT2D eigenvalue weighted by atomic mass is 35.5. The minimum absolute atomic E-state index is 0.709. The van der Waals surface area contributed by atoms with Crippen LogP contribution in [0.2, 0.25) is 5.02 Å². The average molecular weight is 267 g/mol. The summed E-state index contributed by atoms with van der Waals surface area (Å²) < 4.78 is 0. The number of halogens is 1. The molecule has 19 heavy (non-hydrogen) atoms. The highest BCUT2D eigenvalue weighted by Gasteiger charge is 2.07. The van der Waals surface area contributed by atoms with Gasteiger partial charge in [0, 0.05) is 10.6 Å². The summed E-state index contributed by atoms with van der Waals surface area (Å²) in [6, 6.07) is 19.5. The van der Waals surface area contributed by atoms with E-state index in [0.717, 1.165) is 28.2 Å². The lowest BCUT2D eigenvalue weighted by Gasteiger charge is -2.09. The van der Waals surface area contributed by atoms with Gasteiger partial charge in [0.15, 0.2) is 6.29 Å². The van der Waals surface area contributed by atoms with Gasteiger partial charge in [0.25, 0.3) is 0 Å². The molecule has 0 heterocycles. The van der Waals surface area contributed by atoms with Crippen molar-refractivity contribution >= 4 is 28.7 Å². The first-order valence-corrected chi connectivity index (χ1v) is 6.40. The Morgan fingerprint density at radius 2 is 1.63 bits per heavy atom. The maximum absolute atomic E-state index is 11.1. The molecule has 0 unspecified atom stereocenters. The van der Waals surface area contributed by atoms with E-state index in [-0.39, 0.29) is 0 Å². The molecule has 0 atom stereocenters. The Balaban J connectivity index is 2.34. The largest absolute Gasteiger partial charge is 0.298 e. The molecule has 2 heteroatoms. The van der Waals surface area contributed by atoms with E-state index in [0.29, 0.717) is 10.6 Å². The normalized spacial score (nSPS) is 10.6. The monoisotopic (exact) mass is 266 g/mol. The smallest absolute Gasteiger partial charge is 0.150 e. The summed E-state index contributed by atoms with van der Waals surface area (Å²) in [5, 5.41) is 2.74. The Morgan fingerprint density at radius 1 is 0.842 bits per heavy atom. The van der Waals surface area contributed by atoms with Crippen LogP contribution in [0.5, 0.6) is 0 Å². The molecule has 92 valence electrons. The van der Waals surface area contributed by atoms with Crippen LogP contribution in [0.25, 0.3) is 21.9 Å². The van der Waals surface area contributed by atoms with Gasteiger partial charge in [0.1, 0.15) is 0 Å². The van der Waals surface area contributed by atoms with E-state index in [1.54, 1.807) is 0 Å². The Labute approximate surface area is 116 Å². The Bertz CT molecular complexity index is 762. The highest BCUT2D eigenvalue weighted by molar-refractivity contribution is 6.31. The predicted molar refractivity (Wildman–Crippen MR) is 79.8 cm³/mol. The summed E-state index contributed by atoms with van der Waals surface area (Å²) in [4.78, 5) is 11.1. The number of hydrogen-bond acceptors (Lipinski definition) is 1. The van der Waals surface area contributed by atoms with E-state index in [1.807, 2.05) is 60.7 Å². The molecule has 3 aromatic carbocycles. The van der Waals surface area contributed by atoms with Crippen molar-refractivity contribution in [3.8, 4) is 11.1 Å². The first-order valence-electron chi connectivity index (χ1n) is 6.02. The van der Waals surface area contributed by atoms with Gasteiger partial charge in [-0.1, -0.05) is 60.1 Å². The number of aldehydes is 1. The second-order valence-corrected chi connectivity index (χ2v) is 4.81. The fraction of sp³-hybridized carbons (Fsp3) is 0. The van der Waals surface area contributed by atoms with Crippen LogP contribution in [-0.4, -0.2) is 6.29 Å². The van der Waals surface area contributed by atoms with Gasteiger partial charge in [0.05, 0.1) is 0 Å². The van der Waals surface area contributed by atoms with Gasteiger partial charge in [-0.3, -0.25) is 4.79 Å². The van der Waals surface area contributed by atoms with Crippen LogP contribution in [0.15, 0.2) is 60.7 Å². The molecule has 0 saturated carbocycles. The molecule has 0 saturated heterocycles. The second kappa shape index (κ2) is 4.87. The van der Waals surface area contributed by atoms with Gasteiger partial charge >= 0.3 is 0 Å². The van der Waals surface area contributed by atoms with Gasteiger partial charge < -0.3 is 0 Å². The predicted octanol–water partition coefficient (Wildman–Crippen LogP) is 4.97. The van der Waals surface area contributed by atoms with E-state index in [2.05, 4.69) is 0 Å². The molecule has 0 aromatic heterocycles. The summed E-state index contributed by atoms with van der Waals surface area (Å²) in [5.41, 5.74) is 2.85. The Hall–Kier alpha value is -2.12. The standard InChI is InChI=1S/C17H11ClO/c18-14-5-3-4-12(10-14)16-9-8-13(11-19)15-6-1-2-7-17(15)16/h1-11H. The van der Waals surface area contributed by atoms with Crippen LogP contribution in [0, 0.1) is 0 Å². The molecule has 3 aromatic rings. The first-order chi connectivity index (χ1) is 9.29. The van der Waals surface area contributed by atoms with Crippen molar-refractivity contribution in [3.63, 3.8) is 0 Å². The molecule has 0 bridgehead atoms. The molecule has 0 spiro atoms. The fourth-order valence-corrected chi connectivity index (χ4v) is 2.52. The van der Waals surface area contributed by atoms with Gasteiger partial charge in [-0.15, -0.1) is 0 Å². The fourth-order valence-electron chi connectivity index (χ4n) is 2.33. The van der Waals surface area contributed by atoms with E-state index >= 15 is 0 Å². The lowest BCUT2D eigenvalue weighted by atomic mass is 9.95. The molecule has 0 N–H and O–H groups in total. The number of rotatable bonds is 2. The molecular weight excluding hydrogens is 256 g/mol. The highest BCUT2D eigenvalue weighted by Crippen LogP contribution is 2.31. The first kappa shape index (κ1) is 11.9. The van der Waals surface area contributed by atoms with Gasteiger partial charge in [-0.05, 0) is 34.0 Å². The van der Waals surface area contributed by atoms with Crippen LogP contribution in [0.4, 0.5) is 0 Å². The molecule has 0 fully saturated rings. The number of hydrogen-bond donors (Lipinski definition) is 0. The maximum Gasteiger partial charge on any atom is 0.150 e. The number of benzene rings is 3. The van der Waals surface area contributed by atoms with E-state index in [1.165, 1.54) is 0 Å². The zero-order chi connectivity index (χ0) is 13.2. The van der Waals surface area contributed by atoms with Crippen molar-refractivity contribution in [2.75, 3.05) is 0 Å². The summed E-state index contributed by atoms with van der Waals surface area (Å²) in [6.45, 7) is 0. The summed E-state index contributed by atoms with van der Waals surface area (Å²) >= 11 is 6.05. The van der Waals surface area contributed by atoms with Crippen molar-refractivity contribution in [1.29, 1.82) is 0 Å². The van der Waals surface area contributed by atoms with Crippen LogP contribution >= 0.6 is 11.6 Å². The SMILES string of the molecule is O=Cc1ccc(-c2cccc(Cl)c2)c2ccccc12. The lowest BCUT2D eigenvalue weighted by molar-refractivity contribution is 0.112. The molecular formula is C17H11ClO. The zero-order valence-electron chi connectivity index (χ0n) is 10.1. The van der Waals surface area contributed by atoms with E-state index in [9.17, 15) is 4.79 Å². The third-order valence-corrected chi connectivity index (χ3v) is 3.46. The molecule has 0 aliphatic rings. The quantitative estimate of drug-likeness (QED) is 0.598. The molecule has 0 radical (unpaired) electrons. The maximum atomic E-state index is 11.1. The Kier molecular flexibility index (Phi) is 3.06. The summed E-state index contributed by atoms with van der Waals surface area (Å²) in [5.74, 6) is 0. The molecule has 0 aliphatic carbocycles. The minimum atomic E-state index is 0.709. The number of carbonyl (C=O) groups is 1. The molecule has 0 amide bonds.